The second-order valence-corrected chi connectivity index (χ2v) is 5.22. The molecule has 0 aliphatic heterocycles. The first-order valence-corrected chi connectivity index (χ1v) is 6.94. The van der Waals surface area contributed by atoms with Gasteiger partial charge < -0.3 is 9.84 Å². The molecule has 0 atom stereocenters. The van der Waals surface area contributed by atoms with Crippen LogP contribution < -0.4 is 0 Å². The first-order chi connectivity index (χ1) is 8.25. The highest BCUT2D eigenvalue weighted by molar-refractivity contribution is 5.77. The van der Waals surface area contributed by atoms with Gasteiger partial charge in [0, 0.05) is 6.61 Å². The van der Waals surface area contributed by atoms with Crippen LogP contribution in [0.3, 0.4) is 0 Å². The van der Waals surface area contributed by atoms with Crippen LogP contribution in [0.5, 0.6) is 0 Å². The molecule has 0 aromatic heterocycles. The predicted octanol–water partition coefficient (Wildman–Crippen LogP) is 3.05. The fourth-order valence-electron chi connectivity index (χ4n) is 2.93. The van der Waals surface area contributed by atoms with Gasteiger partial charge in [-0.15, -0.1) is 0 Å². The van der Waals surface area contributed by atoms with E-state index in [1.807, 2.05) is 0 Å². The van der Waals surface area contributed by atoms with E-state index in [0.717, 1.165) is 44.9 Å². The lowest BCUT2D eigenvalue weighted by Crippen LogP contribution is -2.29. The van der Waals surface area contributed by atoms with Crippen molar-refractivity contribution in [1.82, 2.24) is 0 Å². The van der Waals surface area contributed by atoms with E-state index in [9.17, 15) is 4.79 Å². The van der Waals surface area contributed by atoms with Crippen molar-refractivity contribution < 1.29 is 14.6 Å². The number of hydrogen-bond acceptors (Lipinski definition) is 3. The average molecular weight is 242 g/mol. The van der Waals surface area contributed by atoms with Gasteiger partial charge in [-0.1, -0.05) is 38.5 Å². The highest BCUT2D eigenvalue weighted by atomic mass is 16.5. The molecule has 3 nitrogen and oxygen atoms in total. The van der Waals surface area contributed by atoms with Crippen molar-refractivity contribution in [3.8, 4) is 0 Å². The van der Waals surface area contributed by atoms with Gasteiger partial charge in [-0.05, 0) is 25.7 Å². The molecule has 0 aromatic rings. The molecule has 0 saturated heterocycles. The maximum absolute atomic E-state index is 11.8. The van der Waals surface area contributed by atoms with E-state index in [-0.39, 0.29) is 11.4 Å². The summed E-state index contributed by atoms with van der Waals surface area (Å²) in [6.45, 7) is 0.298. The van der Waals surface area contributed by atoms with Gasteiger partial charge in [0.15, 0.2) is 0 Å². The van der Waals surface area contributed by atoms with Crippen LogP contribution in [0.4, 0.5) is 0 Å². The number of carbonyl (C=O) groups is 1. The molecule has 0 amide bonds. The van der Waals surface area contributed by atoms with Crippen LogP contribution in [0.15, 0.2) is 0 Å². The summed E-state index contributed by atoms with van der Waals surface area (Å²) in [6, 6.07) is 0. The van der Waals surface area contributed by atoms with Crippen molar-refractivity contribution in [1.29, 1.82) is 0 Å². The number of aliphatic hydroxyl groups is 1. The van der Waals surface area contributed by atoms with Crippen LogP contribution in [0.25, 0.3) is 0 Å². The summed E-state index contributed by atoms with van der Waals surface area (Å²) in [4.78, 5) is 11.8. The SMILES string of the molecule is COC(=O)C1(CCCCCCCO)CCCC1. The number of hydrogen-bond donors (Lipinski definition) is 1. The first-order valence-electron chi connectivity index (χ1n) is 6.94. The minimum absolute atomic E-state index is 0.00496. The van der Waals surface area contributed by atoms with Crippen molar-refractivity contribution in [2.45, 2.75) is 64.2 Å². The van der Waals surface area contributed by atoms with Crippen molar-refractivity contribution in [2.75, 3.05) is 13.7 Å². The van der Waals surface area contributed by atoms with Gasteiger partial charge in [0.05, 0.1) is 12.5 Å². The molecular formula is C14H26O3. The molecule has 1 fully saturated rings. The Morgan fingerprint density at radius 3 is 2.29 bits per heavy atom. The molecule has 1 aliphatic carbocycles. The van der Waals surface area contributed by atoms with Crippen molar-refractivity contribution in [2.24, 2.45) is 5.41 Å². The van der Waals surface area contributed by atoms with E-state index in [1.165, 1.54) is 26.4 Å². The number of methoxy groups -OCH3 is 1. The molecule has 1 N–H and O–H groups in total. The molecule has 0 aromatic carbocycles. The highest BCUT2D eigenvalue weighted by Gasteiger charge is 2.41. The standard InChI is InChI=1S/C14H26O3/c1-17-13(16)14(10-6-7-11-14)9-5-3-2-4-8-12-15/h15H,2-12H2,1H3. The van der Waals surface area contributed by atoms with Crippen molar-refractivity contribution in [3.63, 3.8) is 0 Å². The third-order valence-electron chi connectivity index (χ3n) is 3.99. The zero-order valence-corrected chi connectivity index (χ0v) is 11.0. The third-order valence-corrected chi connectivity index (χ3v) is 3.99. The van der Waals surface area contributed by atoms with Crippen LogP contribution >= 0.6 is 0 Å². The van der Waals surface area contributed by atoms with Crippen LogP contribution in [0.1, 0.15) is 64.2 Å². The lowest BCUT2D eigenvalue weighted by atomic mass is 9.81. The molecule has 1 saturated carbocycles. The Balaban J connectivity index is 2.23. The van der Waals surface area contributed by atoms with Gasteiger partial charge in [0.1, 0.15) is 0 Å². The van der Waals surface area contributed by atoms with Crippen molar-refractivity contribution >= 4 is 5.97 Å². The highest BCUT2D eigenvalue weighted by Crippen LogP contribution is 2.43. The smallest absolute Gasteiger partial charge is 0.311 e. The molecule has 17 heavy (non-hydrogen) atoms. The van der Waals surface area contributed by atoms with Gasteiger partial charge in [-0.25, -0.2) is 0 Å². The van der Waals surface area contributed by atoms with Crippen LogP contribution in [-0.2, 0) is 9.53 Å². The summed E-state index contributed by atoms with van der Waals surface area (Å²) in [6.07, 6.45) is 10.8. The second-order valence-electron chi connectivity index (χ2n) is 5.22. The topological polar surface area (TPSA) is 46.5 Å². The Morgan fingerprint density at radius 2 is 1.71 bits per heavy atom. The van der Waals surface area contributed by atoms with Gasteiger partial charge in [-0.3, -0.25) is 4.79 Å². The lowest BCUT2D eigenvalue weighted by molar-refractivity contribution is -0.153. The van der Waals surface area contributed by atoms with Crippen LogP contribution in [-0.4, -0.2) is 24.8 Å². The normalized spacial score (nSPS) is 18.2. The predicted molar refractivity (Wildman–Crippen MR) is 67.7 cm³/mol. The van der Waals surface area contributed by atoms with Gasteiger partial charge in [0.2, 0.25) is 0 Å². The summed E-state index contributed by atoms with van der Waals surface area (Å²) in [5, 5.41) is 8.68. The molecule has 1 rings (SSSR count). The Kier molecular flexibility index (Phi) is 6.56. The first kappa shape index (κ1) is 14.5. The fourth-order valence-corrected chi connectivity index (χ4v) is 2.93. The zero-order chi connectivity index (χ0) is 12.6. The van der Waals surface area contributed by atoms with Crippen molar-refractivity contribution in [3.05, 3.63) is 0 Å². The summed E-state index contributed by atoms with van der Waals surface area (Å²) in [7, 11) is 1.50. The number of rotatable bonds is 8. The number of ether oxygens (including phenoxy) is 1. The molecule has 0 radical (unpaired) electrons. The quantitative estimate of drug-likeness (QED) is 0.525. The molecular weight excluding hydrogens is 216 g/mol. The summed E-state index contributed by atoms with van der Waals surface area (Å²) < 4.78 is 4.96. The molecule has 0 spiro atoms. The number of unbranched alkanes of at least 4 members (excludes halogenated alkanes) is 4. The fraction of sp³-hybridized carbons (Fsp3) is 0.929. The number of aliphatic hydroxyl groups excluding tert-OH is 1. The maximum atomic E-state index is 11.8. The summed E-state index contributed by atoms with van der Waals surface area (Å²) in [5.41, 5.74) is -0.161. The largest absolute Gasteiger partial charge is 0.469 e. The van der Waals surface area contributed by atoms with Gasteiger partial charge in [-0.2, -0.15) is 0 Å². The van der Waals surface area contributed by atoms with E-state index in [4.69, 9.17) is 9.84 Å². The van der Waals surface area contributed by atoms with Gasteiger partial charge >= 0.3 is 5.97 Å². The average Bonchev–Trinajstić information content (AvgIpc) is 2.82. The van der Waals surface area contributed by atoms with Gasteiger partial charge in [0.25, 0.3) is 0 Å². The second kappa shape index (κ2) is 7.70. The number of carbonyl (C=O) groups excluding carboxylic acids is 1. The molecule has 3 heteroatoms. The molecule has 1 aliphatic rings. The molecule has 100 valence electrons. The van der Waals surface area contributed by atoms with E-state index >= 15 is 0 Å². The molecule has 0 unspecified atom stereocenters. The van der Waals surface area contributed by atoms with Crippen LogP contribution in [0, 0.1) is 5.41 Å². The Bertz CT molecular complexity index is 220. The number of esters is 1. The minimum Gasteiger partial charge on any atom is -0.469 e. The summed E-state index contributed by atoms with van der Waals surface area (Å²) >= 11 is 0. The van der Waals surface area contributed by atoms with E-state index in [1.54, 1.807) is 0 Å². The molecule has 0 bridgehead atoms. The van der Waals surface area contributed by atoms with Crippen LogP contribution in [0.2, 0.25) is 0 Å². The zero-order valence-electron chi connectivity index (χ0n) is 11.0. The van der Waals surface area contributed by atoms with E-state index in [2.05, 4.69) is 0 Å². The van der Waals surface area contributed by atoms with E-state index in [0.29, 0.717) is 6.61 Å². The monoisotopic (exact) mass is 242 g/mol. The Labute approximate surface area is 105 Å². The third kappa shape index (κ3) is 4.30. The Morgan fingerprint density at radius 1 is 1.12 bits per heavy atom. The Hall–Kier alpha value is -0.570. The lowest BCUT2D eigenvalue weighted by Gasteiger charge is -2.25. The van der Waals surface area contributed by atoms with E-state index < -0.39 is 0 Å². The minimum atomic E-state index is -0.161. The summed E-state index contributed by atoms with van der Waals surface area (Å²) in [5.74, 6) is 0.00496. The molecule has 0 heterocycles. The maximum Gasteiger partial charge on any atom is 0.311 e.